The van der Waals surface area contributed by atoms with Gasteiger partial charge in [0, 0.05) is 71.4 Å². The smallest absolute Gasteiger partial charge is 0.219 e. The van der Waals surface area contributed by atoms with Gasteiger partial charge in [0.2, 0.25) is 17.4 Å². The number of amides is 1. The lowest BCUT2D eigenvalue weighted by atomic mass is 9.76. The van der Waals surface area contributed by atoms with Gasteiger partial charge in [-0.15, -0.1) is 0 Å². The van der Waals surface area contributed by atoms with Crippen LogP contribution in [0.25, 0.3) is 21.5 Å². The fourth-order valence-electron chi connectivity index (χ4n) is 9.46. The van der Waals surface area contributed by atoms with Crippen LogP contribution in [0, 0.1) is 0 Å². The molecule has 0 radical (unpaired) electrons. The summed E-state index contributed by atoms with van der Waals surface area (Å²) >= 11 is 0. The number of unbranched alkanes of at least 4 members (excludes halogenated alkanes) is 1. The van der Waals surface area contributed by atoms with Crippen molar-refractivity contribution in [1.29, 1.82) is 0 Å². The number of Topliss-reactive ketones (excluding diaryl/α,β-unsaturated/α-hetero) is 1. The predicted molar refractivity (Wildman–Crippen MR) is 237 cm³/mol. The van der Waals surface area contributed by atoms with Gasteiger partial charge in [0.15, 0.2) is 5.71 Å². The van der Waals surface area contributed by atoms with Gasteiger partial charge in [0.1, 0.15) is 12.3 Å². The Hall–Kier alpha value is -4.27. The van der Waals surface area contributed by atoms with E-state index in [1.807, 2.05) is 33.7 Å². The third-order valence-corrected chi connectivity index (χ3v) is 15.3. The van der Waals surface area contributed by atoms with E-state index in [1.54, 1.807) is 0 Å². The topological polar surface area (TPSA) is 72.7 Å². The van der Waals surface area contributed by atoms with Gasteiger partial charge in [0.25, 0.3) is 0 Å². The molecule has 0 spiro atoms. The first-order valence-electron chi connectivity index (χ1n) is 20.5. The van der Waals surface area contributed by atoms with Crippen LogP contribution in [-0.2, 0) is 20.4 Å². The number of nitrogens with zero attached hydrogens (tertiary/aromatic N) is 2. The lowest BCUT2D eigenvalue weighted by Crippen LogP contribution is -2.33. The monoisotopic (exact) mass is 784 g/mol. The molecule has 8 heteroatoms. The minimum atomic E-state index is -0.439. The van der Waals surface area contributed by atoms with E-state index in [9.17, 15) is 14.7 Å². The molecule has 4 aromatic carbocycles. The van der Waals surface area contributed by atoms with Gasteiger partial charge in [-0.3, -0.25) is 9.59 Å². The maximum atomic E-state index is 14.2. The summed E-state index contributed by atoms with van der Waals surface area (Å²) in [6.45, 7) is 13.1. The van der Waals surface area contributed by atoms with E-state index in [0.717, 1.165) is 54.6 Å². The van der Waals surface area contributed by atoms with Crippen LogP contribution in [0.3, 0.4) is 0 Å². The zero-order valence-corrected chi connectivity index (χ0v) is 35.0. The van der Waals surface area contributed by atoms with Crippen LogP contribution >= 0.6 is 21.6 Å². The molecule has 1 unspecified atom stereocenters. The first-order chi connectivity index (χ1) is 27.0. The number of nitrogens with one attached hydrogen (secondary N) is 1. The summed E-state index contributed by atoms with van der Waals surface area (Å²) in [5.41, 5.74) is 6.68. The van der Waals surface area contributed by atoms with E-state index in [4.69, 9.17) is 0 Å². The number of allylic oxidation sites excluding steroid dienone is 5. The van der Waals surface area contributed by atoms with Crippen LogP contribution in [0.2, 0.25) is 0 Å². The molecule has 1 amide bonds. The van der Waals surface area contributed by atoms with E-state index >= 15 is 0 Å². The molecule has 1 atom stereocenters. The zero-order chi connectivity index (χ0) is 39.2. The molecule has 0 saturated carbocycles. The van der Waals surface area contributed by atoms with Crippen LogP contribution in [-0.4, -0.2) is 57.7 Å². The van der Waals surface area contributed by atoms with Gasteiger partial charge in [-0.25, -0.2) is 0 Å². The number of hydrogen-bond acceptors (Lipinski definition) is 6. The van der Waals surface area contributed by atoms with Crippen LogP contribution in [0.15, 0.2) is 108 Å². The van der Waals surface area contributed by atoms with Gasteiger partial charge in [0.05, 0.1) is 16.6 Å². The Labute approximate surface area is 339 Å². The van der Waals surface area contributed by atoms with Gasteiger partial charge < -0.3 is 15.3 Å². The van der Waals surface area contributed by atoms with Gasteiger partial charge >= 0.3 is 0 Å². The number of aliphatic hydroxyl groups is 1. The van der Waals surface area contributed by atoms with Crippen molar-refractivity contribution in [2.75, 3.05) is 30.3 Å². The number of benzene rings is 4. The zero-order valence-electron chi connectivity index (χ0n) is 33.4. The first-order valence-corrected chi connectivity index (χ1v) is 22.8. The maximum Gasteiger partial charge on any atom is 0.219 e. The third-order valence-electron chi connectivity index (χ3n) is 12.3. The van der Waals surface area contributed by atoms with Crippen molar-refractivity contribution >= 4 is 71.9 Å². The normalized spacial score (nSPS) is 21.1. The Morgan fingerprint density at radius 2 is 1.62 bits per heavy atom. The summed E-state index contributed by atoms with van der Waals surface area (Å²) in [6.07, 6.45) is 10.7. The average Bonchev–Trinajstić information content (AvgIpc) is 3.85. The van der Waals surface area contributed by atoms with Crippen LogP contribution in [0.5, 0.6) is 0 Å². The summed E-state index contributed by atoms with van der Waals surface area (Å²) in [5, 5.41) is 20.4. The second-order valence-electron chi connectivity index (χ2n) is 16.8. The van der Waals surface area contributed by atoms with E-state index < -0.39 is 5.41 Å². The highest BCUT2D eigenvalue weighted by Crippen LogP contribution is 2.52. The number of fused-ring (bicyclic) bond motifs is 6. The summed E-state index contributed by atoms with van der Waals surface area (Å²) in [6, 6.07) is 25.7. The Balaban J connectivity index is 1.07. The molecule has 290 valence electrons. The Morgan fingerprint density at radius 3 is 2.32 bits per heavy atom. The summed E-state index contributed by atoms with van der Waals surface area (Å²) in [7, 11) is 3.98. The molecule has 56 heavy (non-hydrogen) atoms. The predicted octanol–water partition coefficient (Wildman–Crippen LogP) is 11.0. The average molecular weight is 785 g/mol. The number of anilines is 1. The third kappa shape index (κ3) is 6.81. The van der Waals surface area contributed by atoms with Gasteiger partial charge in [-0.05, 0) is 84.8 Å². The molecule has 4 aliphatic rings. The molecule has 1 saturated heterocycles. The van der Waals surface area contributed by atoms with E-state index in [0.29, 0.717) is 30.7 Å². The lowest BCUT2D eigenvalue weighted by molar-refractivity contribution is -0.437. The molecule has 3 heterocycles. The number of hydrogen-bond donors (Lipinski definition) is 2. The molecule has 0 aromatic heterocycles. The van der Waals surface area contributed by atoms with Gasteiger partial charge in [-0.1, -0.05) is 103 Å². The standard InChI is InChI=1S/C48H53N3O3S2/c1-6-26-50-38-22-20-31-14-7-10-17-34(31)43(38)47(2,3)40(50)29-36-45(53)37(46(36)54)30-41-48(4,5)44-35-18-11-8-15-32(35)21-23-39(44)51(41)27-13-25-49-42(52)19-12-9-16-33-24-28-55-56-33/h7-8,10-11,14-15,17-18,20-23,29-30,33H,6,9,12-13,16,19,24-28H2,1-5H3,(H-,49,52,53,54)/p+1. The molecule has 2 N–H and O–H groups in total. The summed E-state index contributed by atoms with van der Waals surface area (Å²) in [4.78, 5) is 29.3. The number of carbonyl (C=O) groups excluding carboxylic acids is 2. The Kier molecular flexibility index (Phi) is 10.7. The molecular formula is C48H54N3O3S2+. The van der Waals surface area contributed by atoms with Crippen LogP contribution in [0.1, 0.15) is 90.7 Å². The Bertz CT molecular complexity index is 2360. The van der Waals surface area contributed by atoms with Crippen LogP contribution < -0.4 is 10.2 Å². The van der Waals surface area contributed by atoms with Crippen molar-refractivity contribution in [1.82, 2.24) is 5.32 Å². The summed E-state index contributed by atoms with van der Waals surface area (Å²) in [5.74, 6) is 1.29. The fourth-order valence-corrected chi connectivity index (χ4v) is 12.5. The molecule has 1 aliphatic carbocycles. The molecule has 1 fully saturated rings. The Morgan fingerprint density at radius 1 is 0.911 bits per heavy atom. The van der Waals surface area contributed by atoms with Crippen molar-refractivity contribution in [3.63, 3.8) is 0 Å². The highest BCUT2D eigenvalue weighted by Gasteiger charge is 2.48. The second-order valence-corrected chi connectivity index (χ2v) is 19.5. The van der Waals surface area contributed by atoms with Crippen molar-refractivity contribution in [2.24, 2.45) is 0 Å². The number of carbonyl (C=O) groups is 2. The highest BCUT2D eigenvalue weighted by molar-refractivity contribution is 8.77. The molecule has 3 aliphatic heterocycles. The number of ketones is 1. The molecular weight excluding hydrogens is 731 g/mol. The SMILES string of the molecule is CCC[N+]1=C(C=C2C(=O)C(C=C3N(CCCNC(=O)CCCCC4CCSS4)c4ccc5ccccc5c4C3(C)C)=C2O)C(C)(C)c2c1ccc1ccccc21. The van der Waals surface area contributed by atoms with E-state index in [-0.39, 0.29) is 22.9 Å². The first kappa shape index (κ1) is 38.6. The fraction of sp³-hybridized carbons (Fsp3) is 0.396. The van der Waals surface area contributed by atoms with Crippen molar-refractivity contribution < 1.29 is 19.3 Å². The van der Waals surface area contributed by atoms with Crippen molar-refractivity contribution in [3.8, 4) is 0 Å². The molecule has 8 rings (SSSR count). The maximum absolute atomic E-state index is 14.2. The van der Waals surface area contributed by atoms with E-state index in [2.05, 4.69) is 122 Å². The number of rotatable bonds is 13. The second kappa shape index (κ2) is 15.6. The van der Waals surface area contributed by atoms with Crippen molar-refractivity contribution in [3.05, 3.63) is 119 Å². The summed E-state index contributed by atoms with van der Waals surface area (Å²) < 4.78 is 2.34. The van der Waals surface area contributed by atoms with Crippen LogP contribution in [0.4, 0.5) is 11.4 Å². The van der Waals surface area contributed by atoms with Crippen molar-refractivity contribution in [2.45, 2.75) is 95.6 Å². The molecule has 0 bridgehead atoms. The number of aliphatic hydroxyl groups excluding tert-OH is 1. The van der Waals surface area contributed by atoms with E-state index in [1.165, 1.54) is 57.0 Å². The van der Waals surface area contributed by atoms with Gasteiger partial charge in [-0.2, -0.15) is 4.58 Å². The largest absolute Gasteiger partial charge is 0.506 e. The minimum Gasteiger partial charge on any atom is -0.506 e. The minimum absolute atomic E-state index is 0.0529. The molecule has 4 aromatic rings. The highest BCUT2D eigenvalue weighted by atomic mass is 33.1. The lowest BCUT2D eigenvalue weighted by Gasteiger charge is -2.29. The molecule has 6 nitrogen and oxygen atoms in total. The quantitative estimate of drug-likeness (QED) is 0.0609.